The number of aliphatic hydroxyl groups excluding tert-OH is 1. The fourth-order valence-corrected chi connectivity index (χ4v) is 7.25. The SMILES string of the molecule is CCCCCCCCCCCCCCCCCCCCCCCC(=O)N[C@@H](COP(=O)(O)OCCN)[C@H](O)CCCCCCCCCCC. The minimum absolute atomic E-state index is 0.0921. The predicted octanol–water partition coefficient (Wildman–Crippen LogP) is 11.4. The Morgan fingerprint density at radius 2 is 0.939 bits per heavy atom. The first-order chi connectivity index (χ1) is 23.9. The van der Waals surface area contributed by atoms with E-state index in [0.29, 0.717) is 12.8 Å². The minimum Gasteiger partial charge on any atom is -0.391 e. The normalized spacial score (nSPS) is 14.1. The molecule has 49 heavy (non-hydrogen) atoms. The highest BCUT2D eigenvalue weighted by Crippen LogP contribution is 2.43. The Morgan fingerprint density at radius 1 is 0.592 bits per heavy atom. The second-order valence-corrected chi connectivity index (χ2v) is 16.0. The summed E-state index contributed by atoms with van der Waals surface area (Å²) in [6.07, 6.45) is 38.4. The van der Waals surface area contributed by atoms with Crippen molar-refractivity contribution in [2.75, 3.05) is 19.8 Å². The molecule has 5 N–H and O–H groups in total. The molecule has 0 aliphatic rings. The first-order valence-corrected chi connectivity index (χ1v) is 22.6. The lowest BCUT2D eigenvalue weighted by Crippen LogP contribution is -2.46. The van der Waals surface area contributed by atoms with E-state index in [-0.39, 0.29) is 25.7 Å². The second-order valence-electron chi connectivity index (χ2n) is 14.6. The Morgan fingerprint density at radius 3 is 1.31 bits per heavy atom. The largest absolute Gasteiger partial charge is 0.472 e. The number of aliphatic hydroxyl groups is 1. The Balaban J connectivity index is 3.99. The van der Waals surface area contributed by atoms with Crippen molar-refractivity contribution in [3.63, 3.8) is 0 Å². The molecule has 0 radical (unpaired) electrons. The van der Waals surface area contributed by atoms with Crippen LogP contribution in [0.3, 0.4) is 0 Å². The van der Waals surface area contributed by atoms with Crippen molar-refractivity contribution in [2.45, 2.75) is 231 Å². The Bertz CT molecular complexity index is 744. The number of carbonyl (C=O) groups is 1. The number of unbranched alkanes of at least 4 members (excludes halogenated alkanes) is 28. The highest BCUT2D eigenvalue weighted by atomic mass is 31.2. The van der Waals surface area contributed by atoms with Crippen LogP contribution in [0.1, 0.15) is 219 Å². The summed E-state index contributed by atoms with van der Waals surface area (Å²) in [4.78, 5) is 22.6. The van der Waals surface area contributed by atoms with Gasteiger partial charge in [0.25, 0.3) is 0 Å². The molecule has 1 unspecified atom stereocenters. The number of hydrogen-bond donors (Lipinski definition) is 4. The summed E-state index contributed by atoms with van der Waals surface area (Å²) >= 11 is 0. The average Bonchev–Trinajstić information content (AvgIpc) is 3.09. The summed E-state index contributed by atoms with van der Waals surface area (Å²) in [5.41, 5.74) is 5.36. The van der Waals surface area contributed by atoms with E-state index in [1.54, 1.807) is 0 Å². The fraction of sp³-hybridized carbons (Fsp3) is 0.975. The highest BCUT2D eigenvalue weighted by Gasteiger charge is 2.27. The molecule has 0 aliphatic heterocycles. The summed E-state index contributed by atoms with van der Waals surface area (Å²) in [5, 5.41) is 13.7. The van der Waals surface area contributed by atoms with Crippen LogP contribution in [-0.2, 0) is 18.4 Å². The topological polar surface area (TPSA) is 131 Å². The quantitative estimate of drug-likeness (QED) is 0.0366. The van der Waals surface area contributed by atoms with Gasteiger partial charge in [-0.05, 0) is 12.8 Å². The van der Waals surface area contributed by atoms with E-state index in [9.17, 15) is 19.4 Å². The molecule has 0 heterocycles. The van der Waals surface area contributed by atoms with Crippen LogP contribution in [0.4, 0.5) is 0 Å². The summed E-state index contributed by atoms with van der Waals surface area (Å²) in [6, 6.07) is -0.765. The number of carbonyl (C=O) groups excluding carboxylic acids is 1. The first kappa shape index (κ1) is 48.5. The molecule has 0 saturated carbocycles. The summed E-state index contributed by atoms with van der Waals surface area (Å²) in [7, 11) is -4.30. The zero-order chi connectivity index (χ0) is 36.1. The molecule has 0 bridgehead atoms. The molecule has 0 aromatic heterocycles. The van der Waals surface area contributed by atoms with Gasteiger partial charge >= 0.3 is 7.82 Å². The van der Waals surface area contributed by atoms with Gasteiger partial charge in [0.2, 0.25) is 5.91 Å². The number of amides is 1. The smallest absolute Gasteiger partial charge is 0.391 e. The lowest BCUT2D eigenvalue weighted by molar-refractivity contribution is -0.123. The van der Waals surface area contributed by atoms with Gasteiger partial charge in [-0.1, -0.05) is 200 Å². The van der Waals surface area contributed by atoms with Crippen LogP contribution >= 0.6 is 7.82 Å². The van der Waals surface area contributed by atoms with Crippen molar-refractivity contribution in [3.05, 3.63) is 0 Å². The van der Waals surface area contributed by atoms with Gasteiger partial charge in [0, 0.05) is 13.0 Å². The average molecular weight is 719 g/mol. The van der Waals surface area contributed by atoms with Gasteiger partial charge in [0.05, 0.1) is 25.4 Å². The van der Waals surface area contributed by atoms with E-state index < -0.39 is 20.0 Å². The molecule has 294 valence electrons. The van der Waals surface area contributed by atoms with Crippen molar-refractivity contribution >= 4 is 13.7 Å². The van der Waals surface area contributed by atoms with Crippen LogP contribution in [0, 0.1) is 0 Å². The molecule has 0 saturated heterocycles. The highest BCUT2D eigenvalue weighted by molar-refractivity contribution is 7.47. The Kier molecular flexibility index (Phi) is 36.9. The molecule has 9 heteroatoms. The van der Waals surface area contributed by atoms with Crippen molar-refractivity contribution in [1.29, 1.82) is 0 Å². The van der Waals surface area contributed by atoms with Crippen molar-refractivity contribution in [3.8, 4) is 0 Å². The van der Waals surface area contributed by atoms with Crippen LogP contribution in [0.5, 0.6) is 0 Å². The van der Waals surface area contributed by atoms with Gasteiger partial charge in [0.1, 0.15) is 0 Å². The monoisotopic (exact) mass is 719 g/mol. The van der Waals surface area contributed by atoms with Crippen LogP contribution in [0.15, 0.2) is 0 Å². The fourth-order valence-electron chi connectivity index (χ4n) is 6.49. The second kappa shape index (κ2) is 37.3. The molecular weight excluding hydrogens is 635 g/mol. The maximum atomic E-state index is 12.7. The van der Waals surface area contributed by atoms with Crippen LogP contribution in [0.2, 0.25) is 0 Å². The molecule has 8 nitrogen and oxygen atoms in total. The maximum Gasteiger partial charge on any atom is 0.472 e. The van der Waals surface area contributed by atoms with Crippen molar-refractivity contribution in [1.82, 2.24) is 5.32 Å². The van der Waals surface area contributed by atoms with Crippen LogP contribution in [-0.4, -0.2) is 47.8 Å². The third-order valence-corrected chi connectivity index (χ3v) is 10.7. The van der Waals surface area contributed by atoms with Gasteiger partial charge in [-0.2, -0.15) is 0 Å². The van der Waals surface area contributed by atoms with E-state index >= 15 is 0 Å². The van der Waals surface area contributed by atoms with Crippen LogP contribution < -0.4 is 11.1 Å². The van der Waals surface area contributed by atoms with Crippen LogP contribution in [0.25, 0.3) is 0 Å². The van der Waals surface area contributed by atoms with Crippen molar-refractivity contribution in [2.24, 2.45) is 5.73 Å². The molecule has 0 aromatic carbocycles. The molecular formula is C40H83N2O6P. The first-order valence-electron chi connectivity index (χ1n) is 21.2. The number of nitrogens with one attached hydrogen (secondary N) is 1. The van der Waals surface area contributed by atoms with Crippen molar-refractivity contribution < 1.29 is 28.4 Å². The van der Waals surface area contributed by atoms with Gasteiger partial charge in [0.15, 0.2) is 0 Å². The molecule has 0 rings (SSSR count). The molecule has 0 aliphatic carbocycles. The maximum absolute atomic E-state index is 12.7. The lowest BCUT2D eigenvalue weighted by Gasteiger charge is -2.25. The minimum atomic E-state index is -4.30. The van der Waals surface area contributed by atoms with Gasteiger partial charge in [-0.3, -0.25) is 13.8 Å². The Hall–Kier alpha value is -0.500. The van der Waals surface area contributed by atoms with E-state index in [1.807, 2.05) is 0 Å². The predicted molar refractivity (Wildman–Crippen MR) is 208 cm³/mol. The molecule has 0 spiro atoms. The molecule has 0 aromatic rings. The summed E-state index contributed by atoms with van der Waals surface area (Å²) in [6.45, 7) is 4.20. The zero-order valence-corrected chi connectivity index (χ0v) is 33.3. The number of phosphoric acid groups is 1. The summed E-state index contributed by atoms with van der Waals surface area (Å²) in [5.74, 6) is -0.159. The number of rotatable bonds is 40. The van der Waals surface area contributed by atoms with Gasteiger partial charge < -0.3 is 21.1 Å². The standard InChI is InChI=1S/C40H83N2O6P/c1-3-5-7-9-11-13-14-15-16-17-18-19-20-21-22-23-24-26-28-30-32-34-40(44)42-38(37-48-49(45,46)47-36-35-41)39(43)33-31-29-27-25-12-10-8-6-4-2/h38-39,43H,3-37,41H2,1-2H3,(H,42,44)(H,45,46)/t38-,39+/m0/s1. The van der Waals surface area contributed by atoms with E-state index in [1.165, 1.54) is 154 Å². The third kappa shape index (κ3) is 35.7. The van der Waals surface area contributed by atoms with E-state index in [4.69, 9.17) is 14.8 Å². The number of phosphoric ester groups is 1. The number of hydrogen-bond acceptors (Lipinski definition) is 6. The third-order valence-electron chi connectivity index (χ3n) is 9.71. The van der Waals surface area contributed by atoms with Gasteiger partial charge in [-0.25, -0.2) is 4.57 Å². The van der Waals surface area contributed by atoms with E-state index in [0.717, 1.165) is 38.5 Å². The van der Waals surface area contributed by atoms with Gasteiger partial charge in [-0.15, -0.1) is 0 Å². The molecule has 0 fully saturated rings. The lowest BCUT2D eigenvalue weighted by atomic mass is 10.0. The summed E-state index contributed by atoms with van der Waals surface area (Å²) < 4.78 is 22.1. The molecule has 1 amide bonds. The molecule has 3 atom stereocenters. The Labute approximate surface area is 303 Å². The number of nitrogens with two attached hydrogens (primary N) is 1. The zero-order valence-electron chi connectivity index (χ0n) is 32.5. The van der Waals surface area contributed by atoms with E-state index in [2.05, 4.69) is 19.2 Å².